The van der Waals surface area contributed by atoms with Crippen molar-refractivity contribution in [3.63, 3.8) is 0 Å². The molecule has 0 spiro atoms. The Labute approximate surface area is 129 Å². The molecule has 0 amide bonds. The Balaban J connectivity index is 2.19. The standard InChI is InChI=1S/C11H13N3O4S3/c1-6(10(15)16)21(17,18)14-11-13-8(5-19-11)9-3-2-7(4-12)20-9/h2-3,5-6H,4,12H2,1H3,(H,13,14)(H,15,16). The number of nitrogens with two attached hydrogens (primary N) is 1. The first-order valence-corrected chi connectivity index (χ1v) is 9.07. The molecule has 2 heterocycles. The third kappa shape index (κ3) is 3.59. The van der Waals surface area contributed by atoms with Gasteiger partial charge in [-0.25, -0.2) is 13.4 Å². The summed E-state index contributed by atoms with van der Waals surface area (Å²) in [7, 11) is -4.00. The van der Waals surface area contributed by atoms with Crippen LogP contribution in [0.15, 0.2) is 17.5 Å². The summed E-state index contributed by atoms with van der Waals surface area (Å²) in [6, 6.07) is 3.75. The average molecular weight is 347 g/mol. The number of carboxylic acid groups (broad SMARTS) is 1. The van der Waals surface area contributed by atoms with Crippen molar-refractivity contribution in [1.29, 1.82) is 0 Å². The van der Waals surface area contributed by atoms with E-state index in [0.29, 0.717) is 12.2 Å². The zero-order chi connectivity index (χ0) is 15.6. The fraction of sp³-hybridized carbons (Fsp3) is 0.273. The van der Waals surface area contributed by atoms with E-state index in [9.17, 15) is 13.2 Å². The summed E-state index contributed by atoms with van der Waals surface area (Å²) in [6.45, 7) is 1.54. The first-order valence-electron chi connectivity index (χ1n) is 5.82. The van der Waals surface area contributed by atoms with Crippen LogP contribution in [-0.4, -0.2) is 29.7 Å². The molecular formula is C11H13N3O4S3. The number of thiophene rings is 1. The van der Waals surface area contributed by atoms with Gasteiger partial charge < -0.3 is 10.8 Å². The molecule has 0 aliphatic carbocycles. The first-order chi connectivity index (χ1) is 9.83. The Kier molecular flexibility index (Phi) is 4.61. The quantitative estimate of drug-likeness (QED) is 0.728. The van der Waals surface area contributed by atoms with Crippen molar-refractivity contribution in [2.75, 3.05) is 4.72 Å². The molecule has 21 heavy (non-hydrogen) atoms. The maximum atomic E-state index is 11.8. The van der Waals surface area contributed by atoms with Gasteiger partial charge in [-0.2, -0.15) is 0 Å². The number of aromatic nitrogens is 1. The Hall–Kier alpha value is -1.49. The van der Waals surface area contributed by atoms with Crippen LogP contribution in [-0.2, 0) is 21.4 Å². The molecule has 0 bridgehead atoms. The Morgan fingerprint density at radius 2 is 2.24 bits per heavy atom. The molecule has 2 aromatic heterocycles. The van der Waals surface area contributed by atoms with Gasteiger partial charge in [-0.3, -0.25) is 9.52 Å². The van der Waals surface area contributed by atoms with Crippen LogP contribution in [0.5, 0.6) is 0 Å². The maximum Gasteiger partial charge on any atom is 0.323 e. The van der Waals surface area contributed by atoms with Crippen LogP contribution in [0.3, 0.4) is 0 Å². The van der Waals surface area contributed by atoms with Gasteiger partial charge in [-0.15, -0.1) is 22.7 Å². The van der Waals surface area contributed by atoms with E-state index in [0.717, 1.165) is 28.0 Å². The number of aliphatic carboxylic acids is 1. The highest BCUT2D eigenvalue weighted by Crippen LogP contribution is 2.31. The van der Waals surface area contributed by atoms with E-state index >= 15 is 0 Å². The van der Waals surface area contributed by atoms with Crippen LogP contribution < -0.4 is 10.5 Å². The summed E-state index contributed by atoms with van der Waals surface area (Å²) in [5.74, 6) is -1.41. The highest BCUT2D eigenvalue weighted by Gasteiger charge is 2.28. The van der Waals surface area contributed by atoms with Gasteiger partial charge in [-0.1, -0.05) is 0 Å². The summed E-state index contributed by atoms with van der Waals surface area (Å²) in [4.78, 5) is 16.8. The molecule has 0 fully saturated rings. The number of anilines is 1. The Morgan fingerprint density at radius 3 is 2.81 bits per heavy atom. The molecule has 2 aromatic rings. The summed E-state index contributed by atoms with van der Waals surface area (Å²) in [6.07, 6.45) is 0. The second-order valence-electron chi connectivity index (χ2n) is 4.14. The summed E-state index contributed by atoms with van der Waals surface area (Å²) in [5.41, 5.74) is 6.17. The highest BCUT2D eigenvalue weighted by atomic mass is 32.2. The van der Waals surface area contributed by atoms with Crippen LogP contribution >= 0.6 is 22.7 Å². The number of hydrogen-bond acceptors (Lipinski definition) is 7. The van der Waals surface area contributed by atoms with Crippen molar-refractivity contribution in [3.05, 3.63) is 22.4 Å². The average Bonchev–Trinajstić information content (AvgIpc) is 3.05. The molecule has 4 N–H and O–H groups in total. The third-order valence-electron chi connectivity index (χ3n) is 2.66. The monoisotopic (exact) mass is 347 g/mol. The second kappa shape index (κ2) is 6.10. The second-order valence-corrected chi connectivity index (χ2v) is 8.16. The molecule has 1 unspecified atom stereocenters. The Morgan fingerprint density at radius 1 is 1.52 bits per heavy atom. The van der Waals surface area contributed by atoms with E-state index in [4.69, 9.17) is 10.8 Å². The lowest BCUT2D eigenvalue weighted by Crippen LogP contribution is -2.32. The van der Waals surface area contributed by atoms with Crippen molar-refractivity contribution in [2.45, 2.75) is 18.7 Å². The summed E-state index contributed by atoms with van der Waals surface area (Å²) in [5, 5.41) is 9.06. The number of carbonyl (C=O) groups is 1. The predicted molar refractivity (Wildman–Crippen MR) is 83.0 cm³/mol. The van der Waals surface area contributed by atoms with Crippen LogP contribution in [0.1, 0.15) is 11.8 Å². The lowest BCUT2D eigenvalue weighted by atomic mass is 10.4. The molecule has 2 rings (SSSR count). The summed E-state index contributed by atoms with van der Waals surface area (Å²) >= 11 is 2.57. The van der Waals surface area contributed by atoms with E-state index in [1.54, 1.807) is 5.38 Å². The van der Waals surface area contributed by atoms with Crippen molar-refractivity contribution in [2.24, 2.45) is 5.73 Å². The van der Waals surface area contributed by atoms with Crippen LogP contribution in [0.4, 0.5) is 5.13 Å². The van der Waals surface area contributed by atoms with E-state index in [1.807, 2.05) is 12.1 Å². The molecule has 7 nitrogen and oxygen atoms in total. The van der Waals surface area contributed by atoms with E-state index in [2.05, 4.69) is 9.71 Å². The number of nitrogens with zero attached hydrogens (tertiary/aromatic N) is 1. The minimum atomic E-state index is -4.00. The topological polar surface area (TPSA) is 122 Å². The zero-order valence-corrected chi connectivity index (χ0v) is 13.4. The fourth-order valence-corrected chi connectivity index (χ4v) is 4.15. The van der Waals surface area contributed by atoms with Gasteiger partial charge in [0.2, 0.25) is 10.0 Å². The SMILES string of the molecule is CC(C(=O)O)S(=O)(=O)Nc1nc(-c2ccc(CN)s2)cs1. The number of nitrogens with one attached hydrogen (secondary N) is 1. The maximum absolute atomic E-state index is 11.8. The number of rotatable bonds is 6. The molecule has 10 heteroatoms. The fourth-order valence-electron chi connectivity index (χ4n) is 1.40. The lowest BCUT2D eigenvalue weighted by molar-refractivity contribution is -0.136. The van der Waals surface area contributed by atoms with E-state index in [1.165, 1.54) is 11.3 Å². The summed E-state index contributed by atoms with van der Waals surface area (Å²) < 4.78 is 25.8. The Bertz CT molecular complexity index is 750. The van der Waals surface area contributed by atoms with Gasteiger partial charge in [0.15, 0.2) is 10.4 Å². The smallest absolute Gasteiger partial charge is 0.323 e. The third-order valence-corrected chi connectivity index (χ3v) is 6.29. The number of hydrogen-bond donors (Lipinski definition) is 3. The van der Waals surface area contributed by atoms with Crippen molar-refractivity contribution >= 4 is 43.8 Å². The van der Waals surface area contributed by atoms with Crippen LogP contribution in [0.25, 0.3) is 10.6 Å². The highest BCUT2D eigenvalue weighted by molar-refractivity contribution is 7.94. The van der Waals surface area contributed by atoms with Crippen molar-refractivity contribution in [3.8, 4) is 10.6 Å². The van der Waals surface area contributed by atoms with Crippen molar-refractivity contribution in [1.82, 2.24) is 4.98 Å². The van der Waals surface area contributed by atoms with Gasteiger partial charge in [0.1, 0.15) is 0 Å². The molecule has 114 valence electrons. The molecule has 0 saturated carbocycles. The van der Waals surface area contributed by atoms with Gasteiger partial charge in [0.05, 0.1) is 10.6 Å². The van der Waals surface area contributed by atoms with Gasteiger partial charge in [0.25, 0.3) is 0 Å². The minimum Gasteiger partial charge on any atom is -0.480 e. The van der Waals surface area contributed by atoms with Crippen LogP contribution in [0, 0.1) is 0 Å². The molecule has 0 saturated heterocycles. The van der Waals surface area contributed by atoms with E-state index in [-0.39, 0.29) is 5.13 Å². The first kappa shape index (κ1) is 15.9. The minimum absolute atomic E-state index is 0.140. The molecule has 1 atom stereocenters. The van der Waals surface area contributed by atoms with Gasteiger partial charge in [-0.05, 0) is 19.1 Å². The predicted octanol–water partition coefficient (Wildman–Crippen LogP) is 1.55. The van der Waals surface area contributed by atoms with Crippen molar-refractivity contribution < 1.29 is 18.3 Å². The number of thiazole rings is 1. The lowest BCUT2D eigenvalue weighted by Gasteiger charge is -2.08. The van der Waals surface area contributed by atoms with Gasteiger partial charge in [0, 0.05) is 16.8 Å². The molecule has 0 aliphatic rings. The molecular weight excluding hydrogens is 334 g/mol. The molecule has 0 radical (unpaired) electrons. The molecule has 0 aliphatic heterocycles. The zero-order valence-electron chi connectivity index (χ0n) is 10.9. The van der Waals surface area contributed by atoms with Gasteiger partial charge >= 0.3 is 5.97 Å². The van der Waals surface area contributed by atoms with E-state index < -0.39 is 21.2 Å². The number of sulfonamides is 1. The molecule has 0 aromatic carbocycles. The normalized spacial score (nSPS) is 13.0. The van der Waals surface area contributed by atoms with Crippen LogP contribution in [0.2, 0.25) is 0 Å². The number of carboxylic acids is 1. The largest absolute Gasteiger partial charge is 0.480 e.